The molecule has 0 N–H and O–H groups in total. The third-order valence-electron chi connectivity index (χ3n) is 3.84. The lowest BCUT2D eigenvalue weighted by molar-refractivity contribution is -0.144. The van der Waals surface area contributed by atoms with Crippen LogP contribution in [0.3, 0.4) is 0 Å². The molecule has 1 heterocycles. The maximum absolute atomic E-state index is 14.3. The molecule has 1 aliphatic heterocycles. The first-order valence-electron chi connectivity index (χ1n) is 7.47. The van der Waals surface area contributed by atoms with Crippen molar-refractivity contribution in [2.24, 2.45) is 0 Å². The topological polar surface area (TPSA) is 29.5 Å². The molecular weight excluding hydrogens is 293 g/mol. The summed E-state index contributed by atoms with van der Waals surface area (Å²) in [6.45, 7) is 3.85. The predicted molar refractivity (Wildman–Crippen MR) is 80.8 cm³/mol. The van der Waals surface area contributed by atoms with Gasteiger partial charge in [0.05, 0.1) is 18.1 Å². The molecule has 1 aliphatic rings. The van der Waals surface area contributed by atoms with Crippen LogP contribution in [0.25, 0.3) is 0 Å². The number of nitrogens with zero attached hydrogens (tertiary/aromatic N) is 1. The van der Waals surface area contributed by atoms with Crippen molar-refractivity contribution < 1.29 is 13.9 Å². The van der Waals surface area contributed by atoms with Gasteiger partial charge >= 0.3 is 5.97 Å². The van der Waals surface area contributed by atoms with E-state index >= 15 is 0 Å². The Bertz CT molecular complexity index is 489. The normalized spacial score (nSPS) is 17.5. The van der Waals surface area contributed by atoms with Gasteiger partial charge in [0.25, 0.3) is 0 Å². The number of ether oxygens (including phenoxy) is 1. The smallest absolute Gasteiger partial charge is 0.307 e. The molecule has 1 aromatic rings. The fourth-order valence-electron chi connectivity index (χ4n) is 2.82. The summed E-state index contributed by atoms with van der Waals surface area (Å²) in [5, 5.41) is 0.0957. The van der Waals surface area contributed by atoms with Crippen molar-refractivity contribution in [2.75, 3.05) is 19.7 Å². The number of esters is 1. The van der Waals surface area contributed by atoms with E-state index in [9.17, 15) is 9.18 Å². The lowest BCUT2D eigenvalue weighted by atomic mass is 9.98. The van der Waals surface area contributed by atoms with Crippen LogP contribution in [0.1, 0.15) is 44.2 Å². The predicted octanol–water partition coefficient (Wildman–Crippen LogP) is 3.96. The summed E-state index contributed by atoms with van der Waals surface area (Å²) < 4.78 is 19.4. The molecule has 0 aromatic heterocycles. The average molecular weight is 314 g/mol. The van der Waals surface area contributed by atoms with Crippen molar-refractivity contribution in [2.45, 2.75) is 38.6 Å². The van der Waals surface area contributed by atoms with Crippen LogP contribution in [0.5, 0.6) is 0 Å². The van der Waals surface area contributed by atoms with Crippen LogP contribution in [0, 0.1) is 5.82 Å². The third kappa shape index (κ3) is 4.17. The number of rotatable bonds is 5. The fourth-order valence-corrected chi connectivity index (χ4v) is 3.00. The van der Waals surface area contributed by atoms with Crippen LogP contribution in [0.15, 0.2) is 18.2 Å². The van der Waals surface area contributed by atoms with Gasteiger partial charge in [0.15, 0.2) is 0 Å². The molecule has 0 aliphatic carbocycles. The summed E-state index contributed by atoms with van der Waals surface area (Å²) in [7, 11) is 0. The quantitative estimate of drug-likeness (QED) is 0.771. The van der Waals surface area contributed by atoms with Gasteiger partial charge in [0.1, 0.15) is 5.82 Å². The molecule has 0 amide bonds. The van der Waals surface area contributed by atoms with Crippen molar-refractivity contribution in [3.8, 4) is 0 Å². The Morgan fingerprint density at radius 1 is 1.38 bits per heavy atom. The summed E-state index contributed by atoms with van der Waals surface area (Å²) >= 11 is 5.88. The molecule has 1 aromatic carbocycles. The van der Waals surface area contributed by atoms with E-state index < -0.39 is 5.82 Å². The molecule has 2 rings (SSSR count). The van der Waals surface area contributed by atoms with Crippen LogP contribution in [0.2, 0.25) is 5.02 Å². The largest absolute Gasteiger partial charge is 0.466 e. The number of hydrogen-bond acceptors (Lipinski definition) is 3. The van der Waals surface area contributed by atoms with Crippen molar-refractivity contribution in [1.82, 2.24) is 4.90 Å². The maximum Gasteiger partial charge on any atom is 0.307 e. The fraction of sp³-hybridized carbons (Fsp3) is 0.562. The van der Waals surface area contributed by atoms with Gasteiger partial charge in [0.2, 0.25) is 0 Å². The first-order valence-corrected chi connectivity index (χ1v) is 7.85. The third-order valence-corrected chi connectivity index (χ3v) is 4.13. The van der Waals surface area contributed by atoms with Gasteiger partial charge in [-0.3, -0.25) is 9.69 Å². The zero-order chi connectivity index (χ0) is 15.2. The second-order valence-corrected chi connectivity index (χ2v) is 5.67. The molecule has 1 saturated heterocycles. The molecule has 1 unspecified atom stereocenters. The van der Waals surface area contributed by atoms with Gasteiger partial charge < -0.3 is 4.74 Å². The molecule has 3 nitrogen and oxygen atoms in total. The number of hydrogen-bond donors (Lipinski definition) is 0. The second kappa shape index (κ2) is 7.76. The Kier molecular flexibility index (Phi) is 6.00. The number of piperidine rings is 1. The molecule has 0 saturated carbocycles. The first-order chi connectivity index (χ1) is 10.1. The standard InChI is InChI=1S/C16H21ClFNO2/c1-2-21-15(20)11-14(19-9-4-3-5-10-19)12-7-6-8-13(17)16(12)18/h6-8,14H,2-5,9-11H2,1H3. The van der Waals surface area contributed by atoms with Crippen molar-refractivity contribution in [3.05, 3.63) is 34.6 Å². The van der Waals surface area contributed by atoms with Crippen LogP contribution >= 0.6 is 11.6 Å². The SMILES string of the molecule is CCOC(=O)CC(c1cccc(Cl)c1F)N1CCCCC1. The molecular formula is C16H21ClFNO2. The minimum absolute atomic E-state index is 0.0957. The van der Waals surface area contributed by atoms with Gasteiger partial charge in [0, 0.05) is 11.6 Å². The van der Waals surface area contributed by atoms with Crippen LogP contribution in [-0.4, -0.2) is 30.6 Å². The van der Waals surface area contributed by atoms with E-state index in [1.54, 1.807) is 19.1 Å². The van der Waals surface area contributed by atoms with Crippen molar-refractivity contribution in [3.63, 3.8) is 0 Å². The Hall–Kier alpha value is -1.13. The Morgan fingerprint density at radius 3 is 2.76 bits per heavy atom. The molecule has 0 bridgehead atoms. The van der Waals surface area contributed by atoms with E-state index in [0.717, 1.165) is 25.9 Å². The molecule has 0 spiro atoms. The van der Waals surface area contributed by atoms with E-state index in [4.69, 9.17) is 16.3 Å². The van der Waals surface area contributed by atoms with Crippen LogP contribution in [0.4, 0.5) is 4.39 Å². The summed E-state index contributed by atoms with van der Waals surface area (Å²) in [6, 6.07) is 4.66. The second-order valence-electron chi connectivity index (χ2n) is 5.26. The molecule has 5 heteroatoms. The number of carbonyl (C=O) groups excluding carboxylic acids is 1. The lowest BCUT2D eigenvalue weighted by Gasteiger charge is -2.34. The van der Waals surface area contributed by atoms with Gasteiger partial charge in [-0.15, -0.1) is 0 Å². The highest BCUT2D eigenvalue weighted by molar-refractivity contribution is 6.30. The maximum atomic E-state index is 14.3. The minimum atomic E-state index is -0.431. The van der Waals surface area contributed by atoms with Gasteiger partial charge in [-0.2, -0.15) is 0 Å². The van der Waals surface area contributed by atoms with E-state index in [-0.39, 0.29) is 23.5 Å². The first kappa shape index (κ1) is 16.2. The lowest BCUT2D eigenvalue weighted by Crippen LogP contribution is -2.35. The van der Waals surface area contributed by atoms with Gasteiger partial charge in [-0.25, -0.2) is 4.39 Å². The number of benzene rings is 1. The van der Waals surface area contributed by atoms with Crippen molar-refractivity contribution >= 4 is 17.6 Å². The van der Waals surface area contributed by atoms with Gasteiger partial charge in [-0.1, -0.05) is 30.2 Å². The zero-order valence-corrected chi connectivity index (χ0v) is 13.0. The van der Waals surface area contributed by atoms with E-state index in [0.29, 0.717) is 12.2 Å². The number of carbonyl (C=O) groups is 1. The van der Waals surface area contributed by atoms with Crippen LogP contribution < -0.4 is 0 Å². The van der Waals surface area contributed by atoms with Crippen LogP contribution in [-0.2, 0) is 9.53 Å². The highest BCUT2D eigenvalue weighted by Gasteiger charge is 2.28. The summed E-state index contributed by atoms with van der Waals surface area (Å²) in [4.78, 5) is 14.0. The van der Waals surface area contributed by atoms with E-state index in [2.05, 4.69) is 4.90 Å². The Labute approximate surface area is 130 Å². The number of halogens is 2. The number of likely N-dealkylation sites (tertiary alicyclic amines) is 1. The molecule has 1 fully saturated rings. The van der Waals surface area contributed by atoms with Gasteiger partial charge in [-0.05, 0) is 38.9 Å². The minimum Gasteiger partial charge on any atom is -0.466 e. The summed E-state index contributed by atoms with van der Waals surface area (Å²) in [6.07, 6.45) is 3.48. The summed E-state index contributed by atoms with van der Waals surface area (Å²) in [5.41, 5.74) is 0.484. The molecule has 116 valence electrons. The molecule has 21 heavy (non-hydrogen) atoms. The zero-order valence-electron chi connectivity index (χ0n) is 12.3. The molecule has 1 atom stereocenters. The summed E-state index contributed by atoms with van der Waals surface area (Å²) in [5.74, 6) is -0.730. The molecule has 0 radical (unpaired) electrons. The Morgan fingerprint density at radius 2 is 2.10 bits per heavy atom. The Balaban J connectivity index is 2.25. The monoisotopic (exact) mass is 313 g/mol. The average Bonchev–Trinajstić information content (AvgIpc) is 2.49. The highest BCUT2D eigenvalue weighted by atomic mass is 35.5. The van der Waals surface area contributed by atoms with E-state index in [1.807, 2.05) is 0 Å². The van der Waals surface area contributed by atoms with Crippen molar-refractivity contribution in [1.29, 1.82) is 0 Å². The highest BCUT2D eigenvalue weighted by Crippen LogP contribution is 2.32. The van der Waals surface area contributed by atoms with E-state index in [1.165, 1.54) is 12.5 Å².